The molecule has 86 valence electrons. The lowest BCUT2D eigenvalue weighted by molar-refractivity contribution is -0.137. The Bertz CT molecular complexity index is 407. The normalized spacial score (nSPS) is 19.1. The highest BCUT2D eigenvalue weighted by Gasteiger charge is 2.46. The predicted octanol–water partition coefficient (Wildman–Crippen LogP) is 2.75. The van der Waals surface area contributed by atoms with Crippen LogP contribution in [-0.4, -0.2) is 16.2 Å². The average Bonchev–Trinajstić information content (AvgIpc) is 2.94. The predicted molar refractivity (Wildman–Crippen MR) is 60.4 cm³/mol. The van der Waals surface area contributed by atoms with Crippen molar-refractivity contribution in [1.29, 1.82) is 0 Å². The number of phenols is 1. The molecule has 0 aromatic heterocycles. The van der Waals surface area contributed by atoms with Crippen molar-refractivity contribution < 1.29 is 15.0 Å². The van der Waals surface area contributed by atoms with E-state index < -0.39 is 5.97 Å². The number of aromatic hydroxyl groups is 1. The average molecular weight is 220 g/mol. The van der Waals surface area contributed by atoms with Gasteiger partial charge in [-0.3, -0.25) is 4.79 Å². The van der Waals surface area contributed by atoms with Crippen LogP contribution in [0.2, 0.25) is 0 Å². The number of hydrogen-bond acceptors (Lipinski definition) is 2. The fraction of sp³-hybridized carbons (Fsp3) is 0.462. The summed E-state index contributed by atoms with van der Waals surface area (Å²) in [5, 5.41) is 18.4. The Hall–Kier alpha value is -1.51. The first-order chi connectivity index (χ1) is 7.51. The van der Waals surface area contributed by atoms with Gasteiger partial charge in [-0.25, -0.2) is 0 Å². The van der Waals surface area contributed by atoms with Gasteiger partial charge >= 0.3 is 5.97 Å². The Morgan fingerprint density at radius 2 is 2.19 bits per heavy atom. The minimum atomic E-state index is -0.776. The number of carboxylic acids is 1. The highest BCUT2D eigenvalue weighted by molar-refractivity contribution is 5.68. The summed E-state index contributed by atoms with van der Waals surface area (Å²) in [6.45, 7) is 2.12. The van der Waals surface area contributed by atoms with E-state index in [1.165, 1.54) is 0 Å². The Kier molecular flexibility index (Phi) is 2.62. The van der Waals surface area contributed by atoms with E-state index in [9.17, 15) is 9.90 Å². The lowest BCUT2D eigenvalue weighted by atomic mass is 9.82. The van der Waals surface area contributed by atoms with E-state index in [1.807, 2.05) is 6.07 Å². The van der Waals surface area contributed by atoms with Gasteiger partial charge in [0.1, 0.15) is 5.75 Å². The molecule has 0 aliphatic heterocycles. The summed E-state index contributed by atoms with van der Waals surface area (Å²) < 4.78 is 0. The summed E-state index contributed by atoms with van der Waals surface area (Å²) in [5.74, 6) is -0.560. The number of phenolic OH excluding ortho intramolecular Hbond substituents is 1. The van der Waals surface area contributed by atoms with Crippen LogP contribution in [0.1, 0.15) is 37.7 Å². The first-order valence-electron chi connectivity index (χ1n) is 5.52. The summed E-state index contributed by atoms with van der Waals surface area (Å²) in [6, 6.07) is 6.95. The summed E-state index contributed by atoms with van der Waals surface area (Å²) in [4.78, 5) is 10.9. The van der Waals surface area contributed by atoms with Crippen molar-refractivity contribution in [3.8, 4) is 5.75 Å². The molecule has 0 spiro atoms. The summed E-state index contributed by atoms with van der Waals surface area (Å²) in [6.07, 6.45) is 2.28. The second kappa shape index (κ2) is 3.81. The lowest BCUT2D eigenvalue weighted by Gasteiger charge is -2.22. The van der Waals surface area contributed by atoms with Crippen molar-refractivity contribution in [3.63, 3.8) is 0 Å². The largest absolute Gasteiger partial charge is 0.508 e. The first kappa shape index (κ1) is 11.0. The maximum absolute atomic E-state index is 10.9. The molecule has 1 aliphatic rings. The number of carboxylic acid groups (broad SMARTS) is 1. The van der Waals surface area contributed by atoms with Crippen molar-refractivity contribution in [2.24, 2.45) is 5.41 Å². The van der Waals surface area contributed by atoms with Crippen LogP contribution < -0.4 is 0 Å². The van der Waals surface area contributed by atoms with Gasteiger partial charge in [-0.2, -0.15) is 0 Å². The van der Waals surface area contributed by atoms with Crippen LogP contribution in [0.15, 0.2) is 24.3 Å². The molecular formula is C13H16O3. The molecule has 0 amide bonds. The number of carbonyl (C=O) groups is 1. The third-order valence-electron chi connectivity index (χ3n) is 3.53. The van der Waals surface area contributed by atoms with Crippen molar-refractivity contribution in [2.75, 3.05) is 0 Å². The zero-order valence-corrected chi connectivity index (χ0v) is 9.31. The molecule has 1 fully saturated rings. The van der Waals surface area contributed by atoms with Gasteiger partial charge < -0.3 is 10.2 Å². The topological polar surface area (TPSA) is 57.5 Å². The van der Waals surface area contributed by atoms with Crippen LogP contribution in [0.3, 0.4) is 0 Å². The molecule has 1 saturated carbocycles. The molecule has 1 aliphatic carbocycles. The zero-order chi connectivity index (χ0) is 11.8. The SMILES string of the molecule is CC1([C@@H](CC(=O)O)c2cccc(O)c2)CC1. The van der Waals surface area contributed by atoms with Gasteiger partial charge in [0.15, 0.2) is 0 Å². The zero-order valence-electron chi connectivity index (χ0n) is 9.31. The molecular weight excluding hydrogens is 204 g/mol. The fourth-order valence-electron chi connectivity index (χ4n) is 2.23. The Labute approximate surface area is 94.7 Å². The maximum atomic E-state index is 10.9. The van der Waals surface area contributed by atoms with E-state index in [0.29, 0.717) is 0 Å². The van der Waals surface area contributed by atoms with Crippen LogP contribution in [0.5, 0.6) is 5.75 Å². The molecule has 2 N–H and O–H groups in total. The Morgan fingerprint density at radius 3 is 2.69 bits per heavy atom. The van der Waals surface area contributed by atoms with Gasteiger partial charge in [0, 0.05) is 0 Å². The van der Waals surface area contributed by atoms with Gasteiger partial charge in [-0.1, -0.05) is 19.1 Å². The van der Waals surface area contributed by atoms with E-state index in [2.05, 4.69) is 6.92 Å². The van der Waals surface area contributed by atoms with E-state index in [-0.39, 0.29) is 23.5 Å². The lowest BCUT2D eigenvalue weighted by Crippen LogP contribution is -2.15. The Morgan fingerprint density at radius 1 is 1.50 bits per heavy atom. The second-order valence-electron chi connectivity index (χ2n) is 4.90. The van der Waals surface area contributed by atoms with E-state index in [0.717, 1.165) is 18.4 Å². The van der Waals surface area contributed by atoms with Gasteiger partial charge in [-0.15, -0.1) is 0 Å². The highest BCUT2D eigenvalue weighted by Crippen LogP contribution is 2.57. The molecule has 0 radical (unpaired) electrons. The molecule has 0 saturated heterocycles. The summed E-state index contributed by atoms with van der Waals surface area (Å²) in [5.41, 5.74) is 1.04. The van der Waals surface area contributed by atoms with E-state index in [1.54, 1.807) is 18.2 Å². The Balaban J connectivity index is 2.28. The minimum absolute atomic E-state index is 0.0112. The van der Waals surface area contributed by atoms with Crippen molar-refractivity contribution in [1.82, 2.24) is 0 Å². The molecule has 1 aromatic rings. The first-order valence-corrected chi connectivity index (χ1v) is 5.52. The fourth-order valence-corrected chi connectivity index (χ4v) is 2.23. The molecule has 0 unspecified atom stereocenters. The summed E-state index contributed by atoms with van der Waals surface area (Å²) >= 11 is 0. The number of rotatable bonds is 4. The van der Waals surface area contributed by atoms with Crippen LogP contribution in [-0.2, 0) is 4.79 Å². The van der Waals surface area contributed by atoms with Crippen molar-refractivity contribution in [3.05, 3.63) is 29.8 Å². The van der Waals surface area contributed by atoms with Crippen LogP contribution >= 0.6 is 0 Å². The van der Waals surface area contributed by atoms with Gasteiger partial charge in [0.25, 0.3) is 0 Å². The quantitative estimate of drug-likeness (QED) is 0.820. The minimum Gasteiger partial charge on any atom is -0.508 e. The standard InChI is InChI=1S/C13H16O3/c1-13(5-6-13)11(8-12(15)16)9-3-2-4-10(14)7-9/h2-4,7,11,14H,5-6,8H2,1H3,(H,15,16)/t11-/m0/s1. The molecule has 2 rings (SSSR count). The summed E-state index contributed by atoms with van der Waals surface area (Å²) in [7, 11) is 0. The van der Waals surface area contributed by atoms with Crippen molar-refractivity contribution >= 4 is 5.97 Å². The van der Waals surface area contributed by atoms with Gasteiger partial charge in [-0.05, 0) is 41.9 Å². The molecule has 1 aromatic carbocycles. The van der Waals surface area contributed by atoms with Crippen LogP contribution in [0.4, 0.5) is 0 Å². The maximum Gasteiger partial charge on any atom is 0.303 e. The van der Waals surface area contributed by atoms with E-state index >= 15 is 0 Å². The molecule has 1 atom stereocenters. The molecule has 0 heterocycles. The monoisotopic (exact) mass is 220 g/mol. The highest BCUT2D eigenvalue weighted by atomic mass is 16.4. The smallest absolute Gasteiger partial charge is 0.303 e. The van der Waals surface area contributed by atoms with Crippen molar-refractivity contribution in [2.45, 2.75) is 32.1 Å². The van der Waals surface area contributed by atoms with E-state index in [4.69, 9.17) is 5.11 Å². The third-order valence-corrected chi connectivity index (χ3v) is 3.53. The third kappa shape index (κ3) is 2.18. The van der Waals surface area contributed by atoms with Crippen LogP contribution in [0.25, 0.3) is 0 Å². The second-order valence-corrected chi connectivity index (χ2v) is 4.90. The number of hydrogen-bond donors (Lipinski definition) is 2. The molecule has 3 nitrogen and oxygen atoms in total. The van der Waals surface area contributed by atoms with Crippen LogP contribution in [0, 0.1) is 5.41 Å². The number of benzene rings is 1. The molecule has 3 heteroatoms. The van der Waals surface area contributed by atoms with Gasteiger partial charge in [0.05, 0.1) is 6.42 Å². The van der Waals surface area contributed by atoms with Gasteiger partial charge in [0.2, 0.25) is 0 Å². The molecule has 0 bridgehead atoms. The molecule has 16 heavy (non-hydrogen) atoms. The number of aliphatic carboxylic acids is 1.